The lowest BCUT2D eigenvalue weighted by molar-refractivity contribution is -0.122. The standard InChI is InChI=1S/C20H26N2O2.CH2O2/c1-21-10-7-19(15-20(21)23)18-8-11-22(12-9-18)13-14-24-16-17-5-3-2-4-6-17;2-1-3/h2-7,10,15,18H,8-9,11-14,16H2,1H3;1H,(H,2,3). The minimum atomic E-state index is -0.250. The minimum absolute atomic E-state index is 0.0873. The number of piperidine rings is 1. The monoisotopic (exact) mass is 372 g/mol. The molecule has 1 N–H and O–H groups in total. The zero-order chi connectivity index (χ0) is 19.5. The predicted molar refractivity (Wildman–Crippen MR) is 105 cm³/mol. The van der Waals surface area contributed by atoms with Crippen LogP contribution in [0.1, 0.15) is 29.9 Å². The van der Waals surface area contributed by atoms with Crippen LogP contribution in [0.4, 0.5) is 0 Å². The third-order valence-electron chi connectivity index (χ3n) is 4.85. The molecule has 6 nitrogen and oxygen atoms in total. The molecule has 1 saturated heterocycles. The maximum atomic E-state index is 11.8. The van der Waals surface area contributed by atoms with E-state index in [0.29, 0.717) is 12.5 Å². The molecule has 0 radical (unpaired) electrons. The molecule has 2 heterocycles. The lowest BCUT2D eigenvalue weighted by atomic mass is 9.90. The summed E-state index contributed by atoms with van der Waals surface area (Å²) in [5.41, 5.74) is 2.50. The van der Waals surface area contributed by atoms with Gasteiger partial charge in [0.05, 0.1) is 13.2 Å². The molecule has 0 saturated carbocycles. The number of pyridine rings is 1. The predicted octanol–water partition coefficient (Wildman–Crippen LogP) is 2.48. The van der Waals surface area contributed by atoms with Gasteiger partial charge in [-0.05, 0) is 49.0 Å². The van der Waals surface area contributed by atoms with Crippen molar-refractivity contribution in [1.29, 1.82) is 0 Å². The largest absolute Gasteiger partial charge is 0.483 e. The number of aryl methyl sites for hydroxylation is 1. The SMILES string of the molecule is Cn1ccc(C2CCN(CCOCc3ccccc3)CC2)cc1=O.O=CO. The Morgan fingerprint density at radius 2 is 1.85 bits per heavy atom. The number of rotatable bonds is 6. The lowest BCUT2D eigenvalue weighted by Gasteiger charge is -2.32. The molecule has 0 atom stereocenters. The van der Waals surface area contributed by atoms with Gasteiger partial charge in [-0.25, -0.2) is 0 Å². The highest BCUT2D eigenvalue weighted by atomic mass is 16.5. The molecule has 1 aromatic heterocycles. The quantitative estimate of drug-likeness (QED) is 0.623. The van der Waals surface area contributed by atoms with E-state index >= 15 is 0 Å². The number of carbonyl (C=O) groups is 1. The Morgan fingerprint density at radius 3 is 2.48 bits per heavy atom. The summed E-state index contributed by atoms with van der Waals surface area (Å²) in [4.78, 5) is 22.6. The first kappa shape index (κ1) is 20.9. The summed E-state index contributed by atoms with van der Waals surface area (Å²) < 4.78 is 7.40. The van der Waals surface area contributed by atoms with Crippen LogP contribution in [0.5, 0.6) is 0 Å². The molecular weight excluding hydrogens is 344 g/mol. The second kappa shape index (κ2) is 11.3. The van der Waals surface area contributed by atoms with Crippen molar-refractivity contribution < 1.29 is 14.6 Å². The van der Waals surface area contributed by atoms with Gasteiger partial charge >= 0.3 is 0 Å². The zero-order valence-corrected chi connectivity index (χ0v) is 15.8. The topological polar surface area (TPSA) is 71.8 Å². The van der Waals surface area contributed by atoms with Gasteiger partial charge in [-0.2, -0.15) is 0 Å². The Morgan fingerprint density at radius 1 is 1.19 bits per heavy atom. The number of hydrogen-bond donors (Lipinski definition) is 1. The molecule has 1 aromatic carbocycles. The molecular formula is C21H28N2O4. The third kappa shape index (κ3) is 7.00. The maximum Gasteiger partial charge on any atom is 0.290 e. The van der Waals surface area contributed by atoms with E-state index in [-0.39, 0.29) is 12.0 Å². The number of hydrogen-bond acceptors (Lipinski definition) is 4. The van der Waals surface area contributed by atoms with E-state index < -0.39 is 0 Å². The average molecular weight is 372 g/mol. The fraction of sp³-hybridized carbons (Fsp3) is 0.429. The average Bonchev–Trinajstić information content (AvgIpc) is 2.69. The number of likely N-dealkylation sites (tertiary alicyclic amines) is 1. The van der Waals surface area contributed by atoms with Gasteiger partial charge in [0.25, 0.3) is 12.0 Å². The molecule has 146 valence electrons. The van der Waals surface area contributed by atoms with Crippen molar-refractivity contribution in [2.75, 3.05) is 26.2 Å². The summed E-state index contributed by atoms with van der Waals surface area (Å²) >= 11 is 0. The van der Waals surface area contributed by atoms with Crippen LogP contribution in [0.25, 0.3) is 0 Å². The normalized spacial score (nSPS) is 15.0. The molecule has 0 amide bonds. The third-order valence-corrected chi connectivity index (χ3v) is 4.85. The molecule has 0 aliphatic carbocycles. The van der Waals surface area contributed by atoms with Gasteiger partial charge in [0.2, 0.25) is 0 Å². The molecule has 1 fully saturated rings. The van der Waals surface area contributed by atoms with E-state index in [1.807, 2.05) is 24.4 Å². The molecule has 1 aliphatic heterocycles. The lowest BCUT2D eigenvalue weighted by Crippen LogP contribution is -2.35. The second-order valence-corrected chi connectivity index (χ2v) is 6.67. The molecule has 0 bridgehead atoms. The van der Waals surface area contributed by atoms with Crippen molar-refractivity contribution in [3.63, 3.8) is 0 Å². The van der Waals surface area contributed by atoms with Crippen molar-refractivity contribution in [2.24, 2.45) is 7.05 Å². The van der Waals surface area contributed by atoms with Gasteiger partial charge in [0.1, 0.15) is 0 Å². The second-order valence-electron chi connectivity index (χ2n) is 6.67. The van der Waals surface area contributed by atoms with Crippen LogP contribution >= 0.6 is 0 Å². The number of aromatic nitrogens is 1. The minimum Gasteiger partial charge on any atom is -0.483 e. The van der Waals surface area contributed by atoms with Gasteiger partial charge < -0.3 is 19.3 Å². The van der Waals surface area contributed by atoms with Gasteiger partial charge in [0.15, 0.2) is 0 Å². The molecule has 0 unspecified atom stereocenters. The molecule has 27 heavy (non-hydrogen) atoms. The highest BCUT2D eigenvalue weighted by Crippen LogP contribution is 2.26. The van der Waals surface area contributed by atoms with Crippen LogP contribution in [0.3, 0.4) is 0 Å². The van der Waals surface area contributed by atoms with Crippen molar-refractivity contribution in [1.82, 2.24) is 9.47 Å². The number of carboxylic acid groups (broad SMARTS) is 1. The smallest absolute Gasteiger partial charge is 0.290 e. The number of ether oxygens (including phenoxy) is 1. The van der Waals surface area contributed by atoms with Crippen molar-refractivity contribution in [2.45, 2.75) is 25.4 Å². The Bertz CT molecular complexity index is 737. The Kier molecular flexibility index (Phi) is 8.74. The molecule has 6 heteroatoms. The van der Waals surface area contributed by atoms with E-state index in [1.54, 1.807) is 17.7 Å². The molecule has 1 aliphatic rings. The van der Waals surface area contributed by atoms with Crippen molar-refractivity contribution in [3.05, 3.63) is 70.1 Å². The van der Waals surface area contributed by atoms with Gasteiger partial charge in [-0.15, -0.1) is 0 Å². The highest BCUT2D eigenvalue weighted by Gasteiger charge is 2.20. The Labute approximate surface area is 160 Å². The molecule has 3 rings (SSSR count). The summed E-state index contributed by atoms with van der Waals surface area (Å²) in [5, 5.41) is 6.89. The van der Waals surface area contributed by atoms with E-state index in [2.05, 4.69) is 23.1 Å². The van der Waals surface area contributed by atoms with Crippen LogP contribution in [0, 0.1) is 0 Å². The van der Waals surface area contributed by atoms with Crippen molar-refractivity contribution >= 4 is 6.47 Å². The molecule has 0 spiro atoms. The van der Waals surface area contributed by atoms with Crippen LogP contribution in [0.15, 0.2) is 53.5 Å². The zero-order valence-electron chi connectivity index (χ0n) is 15.8. The summed E-state index contributed by atoms with van der Waals surface area (Å²) in [5.74, 6) is 0.514. The summed E-state index contributed by atoms with van der Waals surface area (Å²) in [6.07, 6.45) is 4.11. The van der Waals surface area contributed by atoms with E-state index in [4.69, 9.17) is 14.6 Å². The van der Waals surface area contributed by atoms with Crippen LogP contribution < -0.4 is 5.56 Å². The Balaban J connectivity index is 0.000000817. The van der Waals surface area contributed by atoms with Crippen molar-refractivity contribution in [3.8, 4) is 0 Å². The van der Waals surface area contributed by atoms with E-state index in [9.17, 15) is 4.79 Å². The Hall–Kier alpha value is -2.44. The van der Waals surface area contributed by atoms with Crippen LogP contribution in [-0.4, -0.2) is 47.3 Å². The fourth-order valence-corrected chi connectivity index (χ4v) is 3.27. The van der Waals surface area contributed by atoms with E-state index in [1.165, 1.54) is 11.1 Å². The van der Waals surface area contributed by atoms with Gasteiger partial charge in [0, 0.05) is 25.9 Å². The molecule has 2 aromatic rings. The van der Waals surface area contributed by atoms with Gasteiger partial charge in [-0.1, -0.05) is 30.3 Å². The first-order valence-electron chi connectivity index (χ1n) is 9.22. The number of nitrogens with zero attached hydrogens (tertiary/aromatic N) is 2. The first-order chi connectivity index (χ1) is 13.1. The van der Waals surface area contributed by atoms with Crippen LogP contribution in [-0.2, 0) is 23.2 Å². The summed E-state index contributed by atoms with van der Waals surface area (Å²) in [6.45, 7) is 4.34. The van der Waals surface area contributed by atoms with Gasteiger partial charge in [-0.3, -0.25) is 9.59 Å². The van der Waals surface area contributed by atoms with E-state index in [0.717, 1.165) is 39.1 Å². The first-order valence-corrected chi connectivity index (χ1v) is 9.22. The van der Waals surface area contributed by atoms with Crippen LogP contribution in [0.2, 0.25) is 0 Å². The maximum absolute atomic E-state index is 11.8. The number of benzene rings is 1. The highest BCUT2D eigenvalue weighted by molar-refractivity contribution is 5.32. The fourth-order valence-electron chi connectivity index (χ4n) is 3.27. The summed E-state index contributed by atoms with van der Waals surface area (Å²) in [6, 6.07) is 14.2. The summed E-state index contributed by atoms with van der Waals surface area (Å²) in [7, 11) is 1.80.